The fourth-order valence-corrected chi connectivity index (χ4v) is 3.79. The van der Waals surface area contributed by atoms with Gasteiger partial charge in [-0.3, -0.25) is 9.69 Å². The maximum Gasteiger partial charge on any atom is 0.270 e. The van der Waals surface area contributed by atoms with Gasteiger partial charge in [-0.25, -0.2) is 4.98 Å². The highest BCUT2D eigenvalue weighted by atomic mass is 32.1. The molecule has 128 valence electrons. The van der Waals surface area contributed by atoms with Crippen molar-refractivity contribution in [1.29, 1.82) is 0 Å². The van der Waals surface area contributed by atoms with Gasteiger partial charge in [0.1, 0.15) is 5.69 Å². The Hall–Kier alpha value is -1.92. The Bertz CT molecular complexity index is 652. The van der Waals surface area contributed by atoms with Gasteiger partial charge in [0.2, 0.25) is 0 Å². The molecule has 0 aliphatic carbocycles. The minimum absolute atomic E-state index is 0.106. The number of hydrogen-bond acceptors (Lipinski definition) is 5. The van der Waals surface area contributed by atoms with Gasteiger partial charge in [0.05, 0.1) is 6.04 Å². The van der Waals surface area contributed by atoms with Gasteiger partial charge in [0.25, 0.3) is 5.91 Å². The summed E-state index contributed by atoms with van der Waals surface area (Å²) in [6, 6.07) is 10.7. The van der Waals surface area contributed by atoms with Crippen molar-refractivity contribution in [3.63, 3.8) is 0 Å². The van der Waals surface area contributed by atoms with E-state index >= 15 is 0 Å². The molecular weight excluding hydrogens is 320 g/mol. The van der Waals surface area contributed by atoms with Crippen molar-refractivity contribution in [2.24, 2.45) is 0 Å². The van der Waals surface area contributed by atoms with Crippen LogP contribution in [0.1, 0.15) is 41.4 Å². The fraction of sp³-hybridized carbons (Fsp3) is 0.444. The van der Waals surface area contributed by atoms with Gasteiger partial charge >= 0.3 is 0 Å². The zero-order valence-electron chi connectivity index (χ0n) is 14.0. The second-order valence-electron chi connectivity index (χ2n) is 6.02. The highest BCUT2D eigenvalue weighted by molar-refractivity contribution is 7.13. The van der Waals surface area contributed by atoms with Crippen LogP contribution in [0.4, 0.5) is 5.13 Å². The summed E-state index contributed by atoms with van der Waals surface area (Å²) >= 11 is 1.44. The van der Waals surface area contributed by atoms with Gasteiger partial charge in [0, 0.05) is 19.0 Å². The molecule has 1 amide bonds. The number of carbonyl (C=O) groups is 1. The molecule has 2 heterocycles. The van der Waals surface area contributed by atoms with E-state index in [2.05, 4.69) is 44.8 Å². The molecule has 0 unspecified atom stereocenters. The summed E-state index contributed by atoms with van der Waals surface area (Å²) in [5, 5.41) is 8.58. The quantitative estimate of drug-likeness (QED) is 0.845. The number of amides is 1. The minimum Gasteiger partial charge on any atom is -0.365 e. The third-order valence-corrected chi connectivity index (χ3v) is 5.28. The minimum atomic E-state index is -0.106. The van der Waals surface area contributed by atoms with E-state index in [0.29, 0.717) is 12.2 Å². The molecule has 1 atom stereocenters. The van der Waals surface area contributed by atoms with Gasteiger partial charge in [0.15, 0.2) is 5.13 Å². The highest BCUT2D eigenvalue weighted by Crippen LogP contribution is 2.24. The summed E-state index contributed by atoms with van der Waals surface area (Å²) < 4.78 is 0. The molecule has 1 aliphatic heterocycles. The zero-order chi connectivity index (χ0) is 16.8. The molecule has 0 saturated carbocycles. The van der Waals surface area contributed by atoms with E-state index in [4.69, 9.17) is 0 Å². The van der Waals surface area contributed by atoms with Crippen molar-refractivity contribution >= 4 is 22.4 Å². The first-order chi connectivity index (χ1) is 11.8. The maximum absolute atomic E-state index is 12.4. The number of likely N-dealkylation sites (tertiary alicyclic amines) is 1. The molecule has 1 fully saturated rings. The molecule has 3 rings (SSSR count). The second kappa shape index (κ2) is 8.26. The van der Waals surface area contributed by atoms with E-state index in [-0.39, 0.29) is 11.9 Å². The van der Waals surface area contributed by atoms with Crippen molar-refractivity contribution in [1.82, 2.24) is 15.2 Å². The lowest BCUT2D eigenvalue weighted by Crippen LogP contribution is -2.40. The summed E-state index contributed by atoms with van der Waals surface area (Å²) in [5.74, 6) is -0.106. The topological polar surface area (TPSA) is 57.3 Å². The first-order valence-corrected chi connectivity index (χ1v) is 9.36. The molecule has 0 bridgehead atoms. The van der Waals surface area contributed by atoms with Crippen molar-refractivity contribution in [3.8, 4) is 0 Å². The van der Waals surface area contributed by atoms with Gasteiger partial charge in [-0.15, -0.1) is 11.3 Å². The van der Waals surface area contributed by atoms with E-state index in [1.165, 1.54) is 36.2 Å². The molecule has 24 heavy (non-hydrogen) atoms. The molecule has 6 heteroatoms. The normalized spacial score (nSPS) is 16.5. The summed E-state index contributed by atoms with van der Waals surface area (Å²) in [7, 11) is 1.81. The molecule has 1 aromatic carbocycles. The standard InChI is InChI=1S/C18H24N4OS/c1-19-18-21-15(13-24-18)17(23)20-12-16(14-8-4-2-5-9-14)22-10-6-3-7-11-22/h2,4-5,8-9,13,16H,3,6-7,10-12H2,1H3,(H,19,21)(H,20,23)/t16-/m1/s1. The lowest BCUT2D eigenvalue weighted by Gasteiger charge is -2.35. The van der Waals surface area contributed by atoms with Crippen molar-refractivity contribution in [2.75, 3.05) is 32.0 Å². The summed E-state index contributed by atoms with van der Waals surface area (Å²) in [6.45, 7) is 2.79. The summed E-state index contributed by atoms with van der Waals surface area (Å²) in [6.07, 6.45) is 3.76. The average Bonchev–Trinajstić information content (AvgIpc) is 3.13. The number of thiazole rings is 1. The number of nitrogens with zero attached hydrogens (tertiary/aromatic N) is 2. The Labute approximate surface area is 147 Å². The van der Waals surface area contributed by atoms with Crippen LogP contribution in [-0.2, 0) is 0 Å². The first-order valence-electron chi connectivity index (χ1n) is 8.48. The molecule has 0 spiro atoms. The number of aromatic nitrogens is 1. The smallest absolute Gasteiger partial charge is 0.270 e. The Morgan fingerprint density at radius 3 is 2.67 bits per heavy atom. The predicted molar refractivity (Wildman–Crippen MR) is 98.6 cm³/mol. The average molecular weight is 344 g/mol. The third-order valence-electron chi connectivity index (χ3n) is 4.42. The Morgan fingerprint density at radius 2 is 2.00 bits per heavy atom. The van der Waals surface area contributed by atoms with Crippen LogP contribution in [0.5, 0.6) is 0 Å². The number of rotatable bonds is 6. The predicted octanol–water partition coefficient (Wildman–Crippen LogP) is 3.14. The second-order valence-corrected chi connectivity index (χ2v) is 6.88. The number of carbonyl (C=O) groups excluding carboxylic acids is 1. The fourth-order valence-electron chi connectivity index (χ4n) is 3.14. The van der Waals surface area contributed by atoms with Crippen molar-refractivity contribution in [2.45, 2.75) is 25.3 Å². The zero-order valence-corrected chi connectivity index (χ0v) is 14.8. The van der Waals surface area contributed by atoms with Crippen molar-refractivity contribution < 1.29 is 4.79 Å². The SMILES string of the molecule is CNc1nc(C(=O)NC[C@H](c2ccccc2)N2CCCCC2)cs1. The van der Waals surface area contributed by atoms with E-state index < -0.39 is 0 Å². The number of piperidine rings is 1. The summed E-state index contributed by atoms with van der Waals surface area (Å²) in [4.78, 5) is 19.1. The van der Waals surface area contributed by atoms with Crippen LogP contribution in [0.2, 0.25) is 0 Å². The van der Waals surface area contributed by atoms with Gasteiger partial charge in [-0.05, 0) is 31.5 Å². The molecule has 2 N–H and O–H groups in total. The monoisotopic (exact) mass is 344 g/mol. The lowest BCUT2D eigenvalue weighted by atomic mass is 10.0. The van der Waals surface area contributed by atoms with E-state index in [0.717, 1.165) is 18.2 Å². The van der Waals surface area contributed by atoms with Crippen LogP contribution in [0, 0.1) is 0 Å². The number of anilines is 1. The first kappa shape index (κ1) is 16.9. The van der Waals surface area contributed by atoms with E-state index in [9.17, 15) is 4.79 Å². The molecule has 1 aromatic heterocycles. The lowest BCUT2D eigenvalue weighted by molar-refractivity contribution is 0.0920. The van der Waals surface area contributed by atoms with Crippen molar-refractivity contribution in [3.05, 3.63) is 47.0 Å². The third kappa shape index (κ3) is 4.13. The molecular formula is C18H24N4OS. The van der Waals surface area contributed by atoms with Crippen LogP contribution in [0.25, 0.3) is 0 Å². The highest BCUT2D eigenvalue weighted by Gasteiger charge is 2.23. The van der Waals surface area contributed by atoms with E-state index in [1.54, 1.807) is 5.38 Å². The Balaban J connectivity index is 1.68. The largest absolute Gasteiger partial charge is 0.365 e. The van der Waals surface area contributed by atoms with Crippen LogP contribution < -0.4 is 10.6 Å². The molecule has 1 aliphatic rings. The van der Waals surface area contributed by atoms with E-state index in [1.807, 2.05) is 13.1 Å². The number of benzene rings is 1. The van der Waals surface area contributed by atoms with Gasteiger partial charge < -0.3 is 10.6 Å². The van der Waals surface area contributed by atoms with Crippen LogP contribution >= 0.6 is 11.3 Å². The van der Waals surface area contributed by atoms with Crippen LogP contribution in [0.3, 0.4) is 0 Å². The molecule has 1 saturated heterocycles. The molecule has 0 radical (unpaired) electrons. The van der Waals surface area contributed by atoms with Crippen LogP contribution in [0.15, 0.2) is 35.7 Å². The molecule has 2 aromatic rings. The Kier molecular flexibility index (Phi) is 5.82. The maximum atomic E-state index is 12.4. The number of nitrogens with one attached hydrogen (secondary N) is 2. The van der Waals surface area contributed by atoms with Gasteiger partial charge in [-0.2, -0.15) is 0 Å². The summed E-state index contributed by atoms with van der Waals surface area (Å²) in [5.41, 5.74) is 1.74. The Morgan fingerprint density at radius 1 is 1.25 bits per heavy atom. The number of hydrogen-bond donors (Lipinski definition) is 2. The molecule has 5 nitrogen and oxygen atoms in total. The van der Waals surface area contributed by atoms with Crippen LogP contribution in [-0.4, -0.2) is 42.5 Å². The van der Waals surface area contributed by atoms with Gasteiger partial charge in [-0.1, -0.05) is 36.8 Å².